The molecule has 0 aliphatic heterocycles. The molecule has 112 valence electrons. The van der Waals surface area contributed by atoms with Crippen LogP contribution in [0.3, 0.4) is 0 Å². The number of carbonyl (C=O) groups is 1. The van der Waals surface area contributed by atoms with Gasteiger partial charge in [0.25, 0.3) is 0 Å². The molecule has 0 amide bonds. The zero-order valence-corrected chi connectivity index (χ0v) is 13.9. The van der Waals surface area contributed by atoms with Gasteiger partial charge < -0.3 is 10.0 Å². The molecule has 0 bridgehead atoms. The normalized spacial score (nSPS) is 11.8. The number of nitrogens with one attached hydrogen (secondary N) is 1. The first-order valence-corrected chi connectivity index (χ1v) is 8.10. The second kappa shape index (κ2) is 6.66. The fourth-order valence-electron chi connectivity index (χ4n) is 1.54. The molecule has 1 rings (SSSR count). The molecule has 0 spiro atoms. The molecule has 2 N–H and O–H groups in total. The minimum atomic E-state index is -3.74. The monoisotopic (exact) mass is 364 g/mol. The zero-order valence-electron chi connectivity index (χ0n) is 11.5. The summed E-state index contributed by atoms with van der Waals surface area (Å²) in [7, 11) is -0.0661. The Bertz CT molecular complexity index is 614. The average molecular weight is 365 g/mol. The lowest BCUT2D eigenvalue weighted by Gasteiger charge is -2.13. The van der Waals surface area contributed by atoms with Crippen LogP contribution in [0.1, 0.15) is 15.9 Å². The van der Waals surface area contributed by atoms with E-state index in [2.05, 4.69) is 20.7 Å². The zero-order chi connectivity index (χ0) is 15.5. The van der Waals surface area contributed by atoms with E-state index in [1.54, 1.807) is 6.92 Å². The molecule has 0 unspecified atom stereocenters. The molecule has 0 aliphatic rings. The van der Waals surface area contributed by atoms with Crippen molar-refractivity contribution in [3.05, 3.63) is 27.7 Å². The Balaban J connectivity index is 3.14. The van der Waals surface area contributed by atoms with Crippen LogP contribution in [0.5, 0.6) is 0 Å². The Labute approximate surface area is 127 Å². The highest BCUT2D eigenvalue weighted by molar-refractivity contribution is 9.10. The summed E-state index contributed by atoms with van der Waals surface area (Å²) in [5, 5.41) is 9.00. The molecular weight excluding hydrogens is 348 g/mol. The van der Waals surface area contributed by atoms with Crippen LogP contribution in [0.25, 0.3) is 0 Å². The summed E-state index contributed by atoms with van der Waals surface area (Å²) in [6.07, 6.45) is 0. The summed E-state index contributed by atoms with van der Waals surface area (Å²) in [6, 6.07) is 2.55. The number of hydrogen-bond donors (Lipinski definition) is 2. The smallest absolute Gasteiger partial charge is 0.335 e. The molecule has 0 atom stereocenters. The van der Waals surface area contributed by atoms with E-state index in [9.17, 15) is 13.2 Å². The molecule has 0 heterocycles. The Hall–Kier alpha value is -0.960. The van der Waals surface area contributed by atoms with Crippen LogP contribution in [0.15, 0.2) is 21.5 Å². The molecule has 8 heteroatoms. The van der Waals surface area contributed by atoms with E-state index < -0.39 is 16.0 Å². The van der Waals surface area contributed by atoms with Crippen molar-refractivity contribution in [3.63, 3.8) is 0 Å². The molecule has 6 nitrogen and oxygen atoms in total. The van der Waals surface area contributed by atoms with E-state index in [1.807, 2.05) is 19.0 Å². The van der Waals surface area contributed by atoms with Crippen molar-refractivity contribution >= 4 is 31.9 Å². The van der Waals surface area contributed by atoms with Gasteiger partial charge >= 0.3 is 5.97 Å². The second-order valence-electron chi connectivity index (χ2n) is 4.59. The summed E-state index contributed by atoms with van der Waals surface area (Å²) in [4.78, 5) is 12.8. The minimum absolute atomic E-state index is 0.0250. The number of sulfonamides is 1. The molecule has 0 radical (unpaired) electrons. The molecule has 1 aromatic carbocycles. The van der Waals surface area contributed by atoms with Crippen molar-refractivity contribution < 1.29 is 18.3 Å². The maximum atomic E-state index is 12.2. The van der Waals surface area contributed by atoms with Crippen LogP contribution in [0.4, 0.5) is 0 Å². The number of aromatic carboxylic acids is 1. The van der Waals surface area contributed by atoms with Gasteiger partial charge in [-0.15, -0.1) is 0 Å². The first-order chi connectivity index (χ1) is 9.15. The van der Waals surface area contributed by atoms with Crippen LogP contribution in [0, 0.1) is 6.92 Å². The Morgan fingerprint density at radius 3 is 2.50 bits per heavy atom. The van der Waals surface area contributed by atoms with Crippen molar-refractivity contribution in [2.45, 2.75) is 11.8 Å². The first kappa shape index (κ1) is 17.1. The van der Waals surface area contributed by atoms with Crippen LogP contribution >= 0.6 is 15.9 Å². The van der Waals surface area contributed by atoms with Gasteiger partial charge in [-0.2, -0.15) is 0 Å². The van der Waals surface area contributed by atoms with Gasteiger partial charge in [-0.1, -0.05) is 15.9 Å². The third-order valence-electron chi connectivity index (χ3n) is 2.68. The van der Waals surface area contributed by atoms with Crippen molar-refractivity contribution in [2.75, 3.05) is 27.2 Å². The summed E-state index contributed by atoms with van der Waals surface area (Å²) in [5.74, 6) is -1.17. The third kappa shape index (κ3) is 4.27. The fraction of sp³-hybridized carbons (Fsp3) is 0.417. The average Bonchev–Trinajstić information content (AvgIpc) is 2.31. The SMILES string of the molecule is Cc1c(Br)cc(C(=O)O)cc1S(=O)(=O)NCCN(C)C. The van der Waals surface area contributed by atoms with Crippen LogP contribution in [0.2, 0.25) is 0 Å². The molecule has 20 heavy (non-hydrogen) atoms. The molecule has 0 aliphatic carbocycles. The van der Waals surface area contributed by atoms with Crippen molar-refractivity contribution in [2.24, 2.45) is 0 Å². The Morgan fingerprint density at radius 2 is 2.00 bits per heavy atom. The summed E-state index contributed by atoms with van der Waals surface area (Å²) in [6.45, 7) is 2.43. The maximum Gasteiger partial charge on any atom is 0.335 e. The number of benzene rings is 1. The van der Waals surface area contributed by atoms with Gasteiger partial charge in [0.05, 0.1) is 10.5 Å². The highest BCUT2D eigenvalue weighted by atomic mass is 79.9. The predicted octanol–water partition coefficient (Wildman–Crippen LogP) is 1.30. The van der Waals surface area contributed by atoms with Crippen LogP contribution in [-0.4, -0.2) is 51.6 Å². The Kier molecular flexibility index (Phi) is 5.69. The van der Waals surface area contributed by atoms with Crippen LogP contribution in [-0.2, 0) is 10.0 Å². The van der Waals surface area contributed by atoms with E-state index in [4.69, 9.17) is 5.11 Å². The Morgan fingerprint density at radius 1 is 1.40 bits per heavy atom. The number of halogens is 1. The van der Waals surface area contributed by atoms with E-state index in [0.717, 1.165) is 0 Å². The summed E-state index contributed by atoms with van der Waals surface area (Å²) < 4.78 is 27.3. The number of carboxylic acid groups (broad SMARTS) is 1. The second-order valence-corrected chi connectivity index (χ2v) is 7.18. The maximum absolute atomic E-state index is 12.2. The highest BCUT2D eigenvalue weighted by Gasteiger charge is 2.20. The van der Waals surface area contributed by atoms with Gasteiger partial charge in [0.15, 0.2) is 0 Å². The number of carboxylic acids is 1. The molecular formula is C12H17BrN2O4S. The number of rotatable bonds is 6. The van der Waals surface area contributed by atoms with E-state index in [0.29, 0.717) is 16.6 Å². The highest BCUT2D eigenvalue weighted by Crippen LogP contribution is 2.25. The fourth-order valence-corrected chi connectivity index (χ4v) is 3.44. The van der Waals surface area contributed by atoms with Gasteiger partial charge in [0.1, 0.15) is 0 Å². The standard InChI is InChI=1S/C12H17BrN2O4S/c1-8-10(13)6-9(12(16)17)7-11(8)20(18,19)14-4-5-15(2)3/h6-7,14H,4-5H2,1-3H3,(H,16,17). The topological polar surface area (TPSA) is 86.7 Å². The molecule has 0 saturated carbocycles. The largest absolute Gasteiger partial charge is 0.478 e. The lowest BCUT2D eigenvalue weighted by molar-refractivity contribution is 0.0696. The van der Waals surface area contributed by atoms with Gasteiger partial charge in [0, 0.05) is 17.6 Å². The summed E-state index contributed by atoms with van der Waals surface area (Å²) >= 11 is 3.19. The van der Waals surface area contributed by atoms with Crippen molar-refractivity contribution in [3.8, 4) is 0 Å². The predicted molar refractivity (Wildman–Crippen MR) is 79.6 cm³/mol. The van der Waals surface area contributed by atoms with Gasteiger partial charge in [0.2, 0.25) is 10.0 Å². The van der Waals surface area contributed by atoms with Gasteiger partial charge in [-0.05, 0) is 38.7 Å². The lowest BCUT2D eigenvalue weighted by atomic mass is 10.1. The number of likely N-dealkylation sites (N-methyl/N-ethyl adjacent to an activating group) is 1. The van der Waals surface area contributed by atoms with Gasteiger partial charge in [-0.25, -0.2) is 17.9 Å². The molecule has 0 fully saturated rings. The first-order valence-electron chi connectivity index (χ1n) is 5.83. The molecule has 0 aromatic heterocycles. The van der Waals surface area contributed by atoms with Crippen LogP contribution < -0.4 is 4.72 Å². The third-order valence-corrected chi connectivity index (χ3v) is 5.10. The van der Waals surface area contributed by atoms with Gasteiger partial charge in [-0.3, -0.25) is 0 Å². The van der Waals surface area contributed by atoms with Crippen molar-refractivity contribution in [1.29, 1.82) is 0 Å². The lowest BCUT2D eigenvalue weighted by Crippen LogP contribution is -2.32. The van der Waals surface area contributed by atoms with E-state index in [-0.39, 0.29) is 17.0 Å². The number of nitrogens with zero attached hydrogens (tertiary/aromatic N) is 1. The van der Waals surface area contributed by atoms with E-state index in [1.165, 1.54) is 12.1 Å². The number of hydrogen-bond acceptors (Lipinski definition) is 4. The quantitative estimate of drug-likeness (QED) is 0.794. The van der Waals surface area contributed by atoms with Crippen molar-refractivity contribution in [1.82, 2.24) is 9.62 Å². The summed E-state index contributed by atoms with van der Waals surface area (Å²) in [5.41, 5.74) is 0.405. The molecule has 1 aromatic rings. The van der Waals surface area contributed by atoms with E-state index >= 15 is 0 Å². The minimum Gasteiger partial charge on any atom is -0.478 e. The molecule has 0 saturated heterocycles.